The number of aliphatic hydroxyl groups is 1. The molecular weight excluding hydrogens is 240 g/mol. The van der Waals surface area contributed by atoms with Crippen molar-refractivity contribution in [3.8, 4) is 0 Å². The Kier molecular flexibility index (Phi) is 3.60. The Hall–Kier alpha value is -1.29. The summed E-state index contributed by atoms with van der Waals surface area (Å²) in [6, 6.07) is 4.73. The molecule has 0 spiro atoms. The average Bonchev–Trinajstić information content (AvgIpc) is 2.71. The Morgan fingerprint density at radius 1 is 1.32 bits per heavy atom. The van der Waals surface area contributed by atoms with E-state index in [2.05, 4.69) is 4.57 Å². The van der Waals surface area contributed by atoms with Crippen LogP contribution in [0, 0.1) is 0 Å². The molecule has 1 N–H and O–H groups in total. The zero-order valence-electron chi connectivity index (χ0n) is 11.3. The van der Waals surface area contributed by atoms with E-state index < -0.39 is 0 Å². The van der Waals surface area contributed by atoms with Crippen LogP contribution in [0.15, 0.2) is 18.3 Å². The number of nitrogens with zero attached hydrogens (tertiary/aromatic N) is 2. The van der Waals surface area contributed by atoms with Crippen LogP contribution in [0.4, 0.5) is 0 Å². The summed E-state index contributed by atoms with van der Waals surface area (Å²) >= 11 is 0. The molecule has 1 amide bonds. The number of carbonyl (C=O) groups excluding carboxylic acids is 1. The van der Waals surface area contributed by atoms with Crippen molar-refractivity contribution >= 4 is 5.91 Å². The van der Waals surface area contributed by atoms with Crippen molar-refractivity contribution in [2.45, 2.75) is 50.6 Å². The van der Waals surface area contributed by atoms with Crippen molar-refractivity contribution in [3.63, 3.8) is 0 Å². The van der Waals surface area contributed by atoms with E-state index in [-0.39, 0.29) is 12.5 Å². The van der Waals surface area contributed by atoms with Gasteiger partial charge >= 0.3 is 0 Å². The summed E-state index contributed by atoms with van der Waals surface area (Å²) in [6.45, 7) is 0.506. The number of carbonyl (C=O) groups is 1. The van der Waals surface area contributed by atoms with Crippen LogP contribution >= 0.6 is 0 Å². The molecule has 1 aromatic heterocycles. The number of aromatic nitrogens is 1. The van der Waals surface area contributed by atoms with E-state index in [9.17, 15) is 9.90 Å². The Morgan fingerprint density at radius 3 is 2.58 bits per heavy atom. The van der Waals surface area contributed by atoms with Crippen LogP contribution in [0.2, 0.25) is 0 Å². The van der Waals surface area contributed by atoms with Gasteiger partial charge in [0.05, 0.1) is 6.61 Å². The van der Waals surface area contributed by atoms with Crippen LogP contribution in [0.5, 0.6) is 0 Å². The van der Waals surface area contributed by atoms with E-state index in [1.165, 1.54) is 25.7 Å². The summed E-state index contributed by atoms with van der Waals surface area (Å²) in [5.74, 6) is 0.0932. The van der Waals surface area contributed by atoms with E-state index in [1.54, 1.807) is 0 Å². The van der Waals surface area contributed by atoms with Gasteiger partial charge in [-0.05, 0) is 50.7 Å². The average molecular weight is 262 g/mol. The number of hydrogen-bond acceptors (Lipinski definition) is 2. The maximum Gasteiger partial charge on any atom is 0.270 e. The predicted molar refractivity (Wildman–Crippen MR) is 73.1 cm³/mol. The number of rotatable bonds is 5. The van der Waals surface area contributed by atoms with Crippen LogP contribution in [0.1, 0.15) is 55.1 Å². The summed E-state index contributed by atoms with van der Waals surface area (Å²) in [6.07, 6.45) is 9.00. The summed E-state index contributed by atoms with van der Waals surface area (Å²) in [4.78, 5) is 14.6. The molecule has 104 valence electrons. The van der Waals surface area contributed by atoms with Crippen LogP contribution < -0.4 is 0 Å². The molecule has 0 aromatic carbocycles. The van der Waals surface area contributed by atoms with Gasteiger partial charge in [0.25, 0.3) is 5.91 Å². The van der Waals surface area contributed by atoms with Gasteiger partial charge in [-0.2, -0.15) is 0 Å². The lowest BCUT2D eigenvalue weighted by Crippen LogP contribution is -2.46. The van der Waals surface area contributed by atoms with Gasteiger partial charge < -0.3 is 14.6 Å². The van der Waals surface area contributed by atoms with E-state index in [1.807, 2.05) is 23.2 Å². The lowest BCUT2D eigenvalue weighted by atomic mass is 9.91. The summed E-state index contributed by atoms with van der Waals surface area (Å²) in [5, 5.41) is 9.19. The van der Waals surface area contributed by atoms with Crippen molar-refractivity contribution in [2.75, 3.05) is 13.2 Å². The standard InChI is InChI=1S/C15H22N2O2/c18-11-10-17(13-6-2-7-13)15(19)14-8-3-9-16(14)12-4-1-5-12/h3,8-9,12-13,18H,1-2,4-7,10-11H2. The highest BCUT2D eigenvalue weighted by molar-refractivity contribution is 5.93. The molecule has 1 aromatic rings. The van der Waals surface area contributed by atoms with Crippen molar-refractivity contribution in [1.82, 2.24) is 9.47 Å². The van der Waals surface area contributed by atoms with Gasteiger partial charge in [-0.3, -0.25) is 4.79 Å². The predicted octanol–water partition coefficient (Wildman–Crippen LogP) is 2.20. The quantitative estimate of drug-likeness (QED) is 0.884. The fourth-order valence-corrected chi connectivity index (χ4v) is 2.96. The monoisotopic (exact) mass is 262 g/mol. The lowest BCUT2D eigenvalue weighted by molar-refractivity contribution is 0.0510. The Morgan fingerprint density at radius 2 is 2.05 bits per heavy atom. The second kappa shape index (κ2) is 5.37. The fourth-order valence-electron chi connectivity index (χ4n) is 2.96. The van der Waals surface area contributed by atoms with E-state index >= 15 is 0 Å². The molecule has 19 heavy (non-hydrogen) atoms. The third-order valence-corrected chi connectivity index (χ3v) is 4.58. The minimum atomic E-state index is 0.0480. The van der Waals surface area contributed by atoms with E-state index in [4.69, 9.17) is 0 Å². The van der Waals surface area contributed by atoms with Crippen LogP contribution in [0.25, 0.3) is 0 Å². The van der Waals surface area contributed by atoms with Gasteiger partial charge in [0.15, 0.2) is 0 Å². The minimum absolute atomic E-state index is 0.0480. The first-order chi connectivity index (χ1) is 9.31. The largest absolute Gasteiger partial charge is 0.395 e. The first kappa shape index (κ1) is 12.7. The maximum absolute atomic E-state index is 12.7. The molecule has 4 nitrogen and oxygen atoms in total. The molecule has 2 aliphatic rings. The molecule has 0 unspecified atom stereocenters. The second-order valence-electron chi connectivity index (χ2n) is 5.69. The zero-order valence-corrected chi connectivity index (χ0v) is 11.3. The van der Waals surface area contributed by atoms with Crippen LogP contribution in [-0.4, -0.2) is 39.7 Å². The smallest absolute Gasteiger partial charge is 0.270 e. The molecule has 4 heteroatoms. The maximum atomic E-state index is 12.7. The van der Waals surface area contributed by atoms with Gasteiger partial charge in [-0.25, -0.2) is 0 Å². The highest BCUT2D eigenvalue weighted by Crippen LogP contribution is 2.33. The van der Waals surface area contributed by atoms with Gasteiger partial charge in [0, 0.05) is 24.8 Å². The lowest BCUT2D eigenvalue weighted by Gasteiger charge is -2.38. The number of aliphatic hydroxyl groups excluding tert-OH is 1. The van der Waals surface area contributed by atoms with Crippen molar-refractivity contribution in [3.05, 3.63) is 24.0 Å². The third-order valence-electron chi connectivity index (χ3n) is 4.58. The number of amides is 1. The summed E-state index contributed by atoms with van der Waals surface area (Å²) in [7, 11) is 0. The van der Waals surface area contributed by atoms with Crippen molar-refractivity contribution < 1.29 is 9.90 Å². The number of hydrogen-bond donors (Lipinski definition) is 1. The highest BCUT2D eigenvalue weighted by atomic mass is 16.3. The van der Waals surface area contributed by atoms with Gasteiger partial charge in [0.1, 0.15) is 5.69 Å². The van der Waals surface area contributed by atoms with Gasteiger partial charge in [-0.1, -0.05) is 0 Å². The van der Waals surface area contributed by atoms with Crippen molar-refractivity contribution in [2.24, 2.45) is 0 Å². The van der Waals surface area contributed by atoms with Gasteiger partial charge in [-0.15, -0.1) is 0 Å². The topological polar surface area (TPSA) is 45.5 Å². The highest BCUT2D eigenvalue weighted by Gasteiger charge is 2.31. The van der Waals surface area contributed by atoms with Gasteiger partial charge in [0.2, 0.25) is 0 Å². The Balaban J connectivity index is 1.78. The first-order valence-corrected chi connectivity index (χ1v) is 7.40. The molecule has 2 saturated carbocycles. The molecule has 0 aliphatic heterocycles. The molecule has 1 heterocycles. The molecule has 0 bridgehead atoms. The van der Waals surface area contributed by atoms with Crippen molar-refractivity contribution in [1.29, 1.82) is 0 Å². The van der Waals surface area contributed by atoms with Crippen LogP contribution in [-0.2, 0) is 0 Å². The molecule has 0 radical (unpaired) electrons. The first-order valence-electron chi connectivity index (χ1n) is 7.40. The molecule has 2 fully saturated rings. The summed E-state index contributed by atoms with van der Waals surface area (Å²) < 4.78 is 2.13. The minimum Gasteiger partial charge on any atom is -0.395 e. The van der Waals surface area contributed by atoms with E-state index in [0.717, 1.165) is 18.5 Å². The molecule has 2 aliphatic carbocycles. The fraction of sp³-hybridized carbons (Fsp3) is 0.667. The second-order valence-corrected chi connectivity index (χ2v) is 5.69. The Bertz CT molecular complexity index is 447. The van der Waals surface area contributed by atoms with E-state index in [0.29, 0.717) is 18.6 Å². The molecule has 3 rings (SSSR count). The normalized spacial score (nSPS) is 19.8. The SMILES string of the molecule is O=C(c1cccn1C1CCC1)N(CCO)C1CCC1. The zero-order chi connectivity index (χ0) is 13.2. The molecular formula is C15H22N2O2. The summed E-state index contributed by atoms with van der Waals surface area (Å²) in [5.41, 5.74) is 0.796. The molecule has 0 atom stereocenters. The third kappa shape index (κ3) is 2.29. The van der Waals surface area contributed by atoms with Crippen LogP contribution in [0.3, 0.4) is 0 Å². The molecule has 0 saturated heterocycles. The Labute approximate surface area is 114 Å².